The van der Waals surface area contributed by atoms with Crippen molar-refractivity contribution in [3.05, 3.63) is 65.2 Å². The zero-order valence-electron chi connectivity index (χ0n) is 11.2. The van der Waals surface area contributed by atoms with Gasteiger partial charge in [-0.3, -0.25) is 0 Å². The van der Waals surface area contributed by atoms with Crippen molar-refractivity contribution in [2.75, 3.05) is 5.73 Å². The SMILES string of the molecule is CC(C)Cc1ccc(Cc2ccc(N)cc2)cc1. The summed E-state index contributed by atoms with van der Waals surface area (Å²) in [5.41, 5.74) is 10.6. The molecule has 0 saturated heterocycles. The monoisotopic (exact) mass is 239 g/mol. The van der Waals surface area contributed by atoms with Crippen LogP contribution in [0.1, 0.15) is 30.5 Å². The number of nitrogen functional groups attached to an aromatic ring is 1. The lowest BCUT2D eigenvalue weighted by atomic mass is 9.99. The van der Waals surface area contributed by atoms with Gasteiger partial charge in [0.2, 0.25) is 0 Å². The van der Waals surface area contributed by atoms with Crippen molar-refractivity contribution in [2.24, 2.45) is 5.92 Å². The molecule has 0 radical (unpaired) electrons. The van der Waals surface area contributed by atoms with Gasteiger partial charge in [-0.05, 0) is 47.6 Å². The van der Waals surface area contributed by atoms with Crippen LogP contribution in [0.25, 0.3) is 0 Å². The Morgan fingerprint density at radius 1 is 0.778 bits per heavy atom. The highest BCUT2D eigenvalue weighted by Gasteiger charge is 1.99. The third kappa shape index (κ3) is 3.63. The van der Waals surface area contributed by atoms with Gasteiger partial charge < -0.3 is 5.73 Å². The average Bonchev–Trinajstić information content (AvgIpc) is 2.34. The predicted molar refractivity (Wildman–Crippen MR) is 78.6 cm³/mol. The third-order valence-electron chi connectivity index (χ3n) is 3.05. The summed E-state index contributed by atoms with van der Waals surface area (Å²) >= 11 is 0. The van der Waals surface area contributed by atoms with Crippen molar-refractivity contribution in [1.82, 2.24) is 0 Å². The topological polar surface area (TPSA) is 26.0 Å². The van der Waals surface area contributed by atoms with E-state index in [9.17, 15) is 0 Å². The molecule has 0 aliphatic rings. The molecule has 2 aromatic rings. The zero-order valence-corrected chi connectivity index (χ0v) is 11.2. The van der Waals surface area contributed by atoms with Gasteiger partial charge >= 0.3 is 0 Å². The van der Waals surface area contributed by atoms with Crippen molar-refractivity contribution in [3.8, 4) is 0 Å². The Balaban J connectivity index is 2.04. The molecule has 0 aromatic heterocycles. The first kappa shape index (κ1) is 12.7. The number of rotatable bonds is 4. The maximum atomic E-state index is 5.69. The van der Waals surface area contributed by atoms with Crippen LogP contribution in [0.5, 0.6) is 0 Å². The molecule has 2 aromatic carbocycles. The maximum absolute atomic E-state index is 5.69. The Bertz CT molecular complexity index is 480. The maximum Gasteiger partial charge on any atom is 0.0314 e. The van der Waals surface area contributed by atoms with Gasteiger partial charge in [0.15, 0.2) is 0 Å². The molecular formula is C17H21N. The summed E-state index contributed by atoms with van der Waals surface area (Å²) in [4.78, 5) is 0. The van der Waals surface area contributed by atoms with Crippen LogP contribution in [0, 0.1) is 5.92 Å². The molecule has 0 amide bonds. The first-order chi connectivity index (χ1) is 8.63. The van der Waals surface area contributed by atoms with Crippen molar-refractivity contribution < 1.29 is 0 Å². The van der Waals surface area contributed by atoms with Crippen molar-refractivity contribution >= 4 is 5.69 Å². The van der Waals surface area contributed by atoms with Crippen LogP contribution in [-0.2, 0) is 12.8 Å². The molecule has 0 saturated carbocycles. The van der Waals surface area contributed by atoms with E-state index in [-0.39, 0.29) is 0 Å². The highest BCUT2D eigenvalue weighted by Crippen LogP contribution is 2.14. The highest BCUT2D eigenvalue weighted by molar-refractivity contribution is 5.40. The zero-order chi connectivity index (χ0) is 13.0. The van der Waals surface area contributed by atoms with Gasteiger partial charge in [-0.1, -0.05) is 50.2 Å². The number of nitrogens with two attached hydrogens (primary N) is 1. The van der Waals surface area contributed by atoms with Crippen LogP contribution in [0.4, 0.5) is 5.69 Å². The predicted octanol–water partition coefficient (Wildman–Crippen LogP) is 4.06. The van der Waals surface area contributed by atoms with Gasteiger partial charge in [-0.15, -0.1) is 0 Å². The van der Waals surface area contributed by atoms with E-state index < -0.39 is 0 Å². The van der Waals surface area contributed by atoms with E-state index in [0.29, 0.717) is 5.92 Å². The summed E-state index contributed by atoms with van der Waals surface area (Å²) < 4.78 is 0. The molecule has 1 nitrogen and oxygen atoms in total. The largest absolute Gasteiger partial charge is 0.399 e. The van der Waals surface area contributed by atoms with E-state index in [1.54, 1.807) is 0 Å². The average molecular weight is 239 g/mol. The van der Waals surface area contributed by atoms with Crippen LogP contribution in [-0.4, -0.2) is 0 Å². The summed E-state index contributed by atoms with van der Waals surface area (Å²) in [5, 5.41) is 0. The Kier molecular flexibility index (Phi) is 4.03. The highest BCUT2D eigenvalue weighted by atomic mass is 14.5. The molecular weight excluding hydrogens is 218 g/mol. The molecule has 94 valence electrons. The lowest BCUT2D eigenvalue weighted by Gasteiger charge is -2.07. The normalized spacial score (nSPS) is 10.8. The van der Waals surface area contributed by atoms with Crippen molar-refractivity contribution in [2.45, 2.75) is 26.7 Å². The second-order valence-corrected chi connectivity index (χ2v) is 5.33. The molecule has 2 N–H and O–H groups in total. The minimum absolute atomic E-state index is 0.716. The fourth-order valence-corrected chi connectivity index (χ4v) is 2.14. The van der Waals surface area contributed by atoms with Crippen LogP contribution in [0.3, 0.4) is 0 Å². The third-order valence-corrected chi connectivity index (χ3v) is 3.05. The Morgan fingerprint density at radius 2 is 1.22 bits per heavy atom. The molecule has 2 rings (SSSR count). The van der Waals surface area contributed by atoms with Crippen LogP contribution < -0.4 is 5.73 Å². The number of hydrogen-bond acceptors (Lipinski definition) is 1. The molecule has 0 aliphatic heterocycles. The van der Waals surface area contributed by atoms with E-state index >= 15 is 0 Å². The van der Waals surface area contributed by atoms with E-state index in [1.807, 2.05) is 12.1 Å². The molecule has 0 heterocycles. The fourth-order valence-electron chi connectivity index (χ4n) is 2.14. The van der Waals surface area contributed by atoms with E-state index in [4.69, 9.17) is 5.73 Å². The summed E-state index contributed by atoms with van der Waals surface area (Å²) in [6.07, 6.45) is 2.13. The molecule has 0 fully saturated rings. The van der Waals surface area contributed by atoms with E-state index in [2.05, 4.69) is 50.2 Å². The number of benzene rings is 2. The van der Waals surface area contributed by atoms with Gasteiger partial charge in [0.1, 0.15) is 0 Å². The Morgan fingerprint density at radius 3 is 1.72 bits per heavy atom. The fraction of sp³-hybridized carbons (Fsp3) is 0.294. The van der Waals surface area contributed by atoms with Crippen LogP contribution in [0.2, 0.25) is 0 Å². The van der Waals surface area contributed by atoms with Gasteiger partial charge in [0, 0.05) is 5.69 Å². The molecule has 0 spiro atoms. The second-order valence-electron chi connectivity index (χ2n) is 5.33. The Hall–Kier alpha value is -1.76. The van der Waals surface area contributed by atoms with E-state index in [0.717, 1.165) is 18.5 Å². The first-order valence-electron chi connectivity index (χ1n) is 6.56. The molecule has 0 bridgehead atoms. The minimum atomic E-state index is 0.716. The van der Waals surface area contributed by atoms with E-state index in [1.165, 1.54) is 16.7 Å². The number of hydrogen-bond donors (Lipinski definition) is 1. The molecule has 0 atom stereocenters. The summed E-state index contributed by atoms with van der Waals surface area (Å²) in [6.45, 7) is 4.50. The quantitative estimate of drug-likeness (QED) is 0.800. The smallest absolute Gasteiger partial charge is 0.0314 e. The second kappa shape index (κ2) is 5.72. The summed E-state index contributed by atoms with van der Waals surface area (Å²) in [6, 6.07) is 17.1. The Labute approximate surface area is 110 Å². The molecule has 18 heavy (non-hydrogen) atoms. The minimum Gasteiger partial charge on any atom is -0.399 e. The molecule has 0 unspecified atom stereocenters. The summed E-state index contributed by atoms with van der Waals surface area (Å²) in [7, 11) is 0. The lowest BCUT2D eigenvalue weighted by Crippen LogP contribution is -1.95. The van der Waals surface area contributed by atoms with Gasteiger partial charge in [0.25, 0.3) is 0 Å². The lowest BCUT2D eigenvalue weighted by molar-refractivity contribution is 0.647. The number of anilines is 1. The van der Waals surface area contributed by atoms with Crippen molar-refractivity contribution in [3.63, 3.8) is 0 Å². The van der Waals surface area contributed by atoms with Gasteiger partial charge in [-0.2, -0.15) is 0 Å². The summed E-state index contributed by atoms with van der Waals surface area (Å²) in [5.74, 6) is 0.716. The van der Waals surface area contributed by atoms with Crippen LogP contribution in [0.15, 0.2) is 48.5 Å². The van der Waals surface area contributed by atoms with Crippen molar-refractivity contribution in [1.29, 1.82) is 0 Å². The molecule has 1 heteroatoms. The van der Waals surface area contributed by atoms with Crippen LogP contribution >= 0.6 is 0 Å². The van der Waals surface area contributed by atoms with Gasteiger partial charge in [0.05, 0.1) is 0 Å². The standard InChI is InChI=1S/C17H21N/c1-13(2)11-14-3-5-15(6-4-14)12-16-7-9-17(18)10-8-16/h3-10,13H,11-12,18H2,1-2H3. The first-order valence-corrected chi connectivity index (χ1v) is 6.56. The van der Waals surface area contributed by atoms with Gasteiger partial charge in [-0.25, -0.2) is 0 Å². The molecule has 0 aliphatic carbocycles.